The fraction of sp³-hybridized carbons (Fsp3) is 0.793. The Bertz CT molecular complexity index is 677. The van der Waals surface area contributed by atoms with Crippen LogP contribution in [0.4, 0.5) is 4.39 Å². The lowest BCUT2D eigenvalue weighted by atomic mass is 9.63. The Hall–Kier alpha value is -1.05. The summed E-state index contributed by atoms with van der Waals surface area (Å²) in [5.41, 5.74) is 0.940. The highest BCUT2D eigenvalue weighted by molar-refractivity contribution is 5.31. The van der Waals surface area contributed by atoms with E-state index in [4.69, 9.17) is 4.74 Å². The third-order valence-electron chi connectivity index (χ3n) is 9.02. The molecule has 0 saturated heterocycles. The number of hydrogen-bond donors (Lipinski definition) is 0. The summed E-state index contributed by atoms with van der Waals surface area (Å²) in [6.45, 7) is 5.26. The predicted molar refractivity (Wildman–Crippen MR) is 128 cm³/mol. The van der Waals surface area contributed by atoms with Crippen molar-refractivity contribution in [1.82, 2.24) is 0 Å². The summed E-state index contributed by atoms with van der Waals surface area (Å²) >= 11 is 0. The predicted octanol–water partition coefficient (Wildman–Crippen LogP) is 8.91. The van der Waals surface area contributed by atoms with Crippen LogP contribution in [0.1, 0.15) is 115 Å². The molecule has 0 spiro atoms. The van der Waals surface area contributed by atoms with Crippen LogP contribution in [0.3, 0.4) is 0 Å². The summed E-state index contributed by atoms with van der Waals surface area (Å²) in [4.78, 5) is 0. The van der Waals surface area contributed by atoms with Gasteiger partial charge in [0.15, 0.2) is 0 Å². The molecule has 0 radical (unpaired) electrons. The Morgan fingerprint density at radius 3 is 2.35 bits per heavy atom. The topological polar surface area (TPSA) is 9.23 Å². The van der Waals surface area contributed by atoms with Gasteiger partial charge in [-0.25, -0.2) is 4.39 Å². The van der Waals surface area contributed by atoms with Crippen LogP contribution in [-0.4, -0.2) is 6.61 Å². The van der Waals surface area contributed by atoms with Gasteiger partial charge in [-0.1, -0.05) is 71.3 Å². The summed E-state index contributed by atoms with van der Waals surface area (Å²) in [6.07, 6.45) is 18.9. The second kappa shape index (κ2) is 11.2. The van der Waals surface area contributed by atoms with Gasteiger partial charge in [-0.3, -0.25) is 0 Å². The summed E-state index contributed by atoms with van der Waals surface area (Å²) in [5, 5.41) is 0. The standard InChI is InChI=1S/C29H45FO/c1-3-4-17-31-27-15-16-28(29(30)20-27)26-14-13-24-18-23(11-12-25(24)19-26)10-9-22-7-5-21(2)6-8-22/h15-16,20-26H,3-14,17-19H2,1-2H3. The molecule has 174 valence electrons. The van der Waals surface area contributed by atoms with E-state index in [1.54, 1.807) is 6.07 Å². The second-order valence-corrected chi connectivity index (χ2v) is 11.3. The molecular formula is C29H45FO. The Kier molecular flexibility index (Phi) is 8.35. The average Bonchev–Trinajstić information content (AvgIpc) is 2.78. The molecule has 3 fully saturated rings. The molecule has 0 amide bonds. The van der Waals surface area contributed by atoms with Gasteiger partial charge in [0.05, 0.1) is 6.61 Å². The van der Waals surface area contributed by atoms with E-state index in [2.05, 4.69) is 13.8 Å². The van der Waals surface area contributed by atoms with Gasteiger partial charge >= 0.3 is 0 Å². The van der Waals surface area contributed by atoms with Crippen molar-refractivity contribution in [3.63, 3.8) is 0 Å². The number of ether oxygens (including phenoxy) is 1. The number of rotatable bonds is 8. The zero-order chi connectivity index (χ0) is 21.6. The number of halogens is 1. The normalized spacial score (nSPS) is 33.6. The van der Waals surface area contributed by atoms with Crippen molar-refractivity contribution < 1.29 is 9.13 Å². The van der Waals surface area contributed by atoms with E-state index < -0.39 is 0 Å². The highest BCUT2D eigenvalue weighted by atomic mass is 19.1. The molecule has 1 nitrogen and oxygen atoms in total. The minimum absolute atomic E-state index is 0.0482. The maximum absolute atomic E-state index is 14.9. The highest BCUT2D eigenvalue weighted by Gasteiger charge is 2.36. The summed E-state index contributed by atoms with van der Waals surface area (Å²) in [7, 11) is 0. The largest absolute Gasteiger partial charge is 0.493 e. The first-order chi connectivity index (χ1) is 15.1. The lowest BCUT2D eigenvalue weighted by Gasteiger charge is -2.43. The monoisotopic (exact) mass is 428 g/mol. The molecule has 1 aromatic carbocycles. The first-order valence-electron chi connectivity index (χ1n) is 13.5. The SMILES string of the molecule is CCCCOc1ccc(C2CCC3CC(CCC4CCC(C)CC4)CCC3C2)c(F)c1. The van der Waals surface area contributed by atoms with Gasteiger partial charge in [0.2, 0.25) is 0 Å². The van der Waals surface area contributed by atoms with Gasteiger partial charge in [0.25, 0.3) is 0 Å². The fourth-order valence-electron chi connectivity index (χ4n) is 6.88. The van der Waals surface area contributed by atoms with Crippen molar-refractivity contribution in [3.8, 4) is 5.75 Å². The highest BCUT2D eigenvalue weighted by Crippen LogP contribution is 2.49. The van der Waals surface area contributed by atoms with Crippen LogP contribution >= 0.6 is 0 Å². The molecule has 0 aliphatic heterocycles. The fourth-order valence-corrected chi connectivity index (χ4v) is 6.88. The first-order valence-corrected chi connectivity index (χ1v) is 13.5. The van der Waals surface area contributed by atoms with Gasteiger partial charge in [0, 0.05) is 6.07 Å². The molecule has 31 heavy (non-hydrogen) atoms. The Morgan fingerprint density at radius 2 is 1.58 bits per heavy atom. The minimum Gasteiger partial charge on any atom is -0.493 e. The van der Waals surface area contributed by atoms with Crippen LogP contribution in [0.25, 0.3) is 0 Å². The summed E-state index contributed by atoms with van der Waals surface area (Å²) < 4.78 is 20.6. The van der Waals surface area contributed by atoms with Crippen molar-refractivity contribution in [2.24, 2.45) is 29.6 Å². The molecule has 4 rings (SSSR count). The van der Waals surface area contributed by atoms with E-state index in [-0.39, 0.29) is 5.82 Å². The van der Waals surface area contributed by atoms with Crippen molar-refractivity contribution >= 4 is 0 Å². The molecule has 0 heterocycles. The van der Waals surface area contributed by atoms with E-state index in [1.165, 1.54) is 77.0 Å². The zero-order valence-corrected chi connectivity index (χ0v) is 20.1. The molecular weight excluding hydrogens is 383 g/mol. The van der Waals surface area contributed by atoms with E-state index >= 15 is 0 Å². The molecule has 1 aromatic rings. The van der Waals surface area contributed by atoms with Gasteiger partial charge in [-0.15, -0.1) is 0 Å². The van der Waals surface area contributed by atoms with Crippen LogP contribution in [0, 0.1) is 35.4 Å². The molecule has 0 aromatic heterocycles. The van der Waals surface area contributed by atoms with Crippen LogP contribution in [-0.2, 0) is 0 Å². The molecule has 0 N–H and O–H groups in total. The lowest BCUT2D eigenvalue weighted by Crippen LogP contribution is -2.31. The smallest absolute Gasteiger partial charge is 0.130 e. The lowest BCUT2D eigenvalue weighted by molar-refractivity contribution is 0.108. The van der Waals surface area contributed by atoms with Crippen LogP contribution < -0.4 is 4.74 Å². The number of fused-ring (bicyclic) bond motifs is 1. The molecule has 2 heteroatoms. The maximum Gasteiger partial charge on any atom is 0.130 e. The second-order valence-electron chi connectivity index (χ2n) is 11.3. The average molecular weight is 429 g/mol. The molecule has 4 atom stereocenters. The van der Waals surface area contributed by atoms with Crippen molar-refractivity contribution in [2.45, 2.75) is 110 Å². The van der Waals surface area contributed by atoms with Crippen LogP contribution in [0.15, 0.2) is 18.2 Å². The van der Waals surface area contributed by atoms with E-state index in [1.807, 2.05) is 12.1 Å². The summed E-state index contributed by atoms with van der Waals surface area (Å²) in [5.74, 6) is 5.73. The number of unbranched alkanes of at least 4 members (excludes halogenated alkanes) is 1. The van der Waals surface area contributed by atoms with E-state index in [9.17, 15) is 4.39 Å². The van der Waals surface area contributed by atoms with Gasteiger partial charge in [-0.05, 0) is 85.7 Å². The number of benzene rings is 1. The molecule has 3 aliphatic carbocycles. The van der Waals surface area contributed by atoms with Crippen molar-refractivity contribution in [1.29, 1.82) is 0 Å². The molecule has 3 aliphatic rings. The maximum atomic E-state index is 14.9. The van der Waals surface area contributed by atoms with Gasteiger partial charge < -0.3 is 4.74 Å². The Labute approximate surface area is 190 Å². The minimum atomic E-state index is -0.0482. The third-order valence-corrected chi connectivity index (χ3v) is 9.02. The first kappa shape index (κ1) is 23.1. The zero-order valence-electron chi connectivity index (χ0n) is 20.1. The number of hydrogen-bond acceptors (Lipinski definition) is 1. The van der Waals surface area contributed by atoms with Crippen LogP contribution in [0.5, 0.6) is 5.75 Å². The van der Waals surface area contributed by atoms with Crippen molar-refractivity contribution in [3.05, 3.63) is 29.6 Å². The Balaban J connectivity index is 1.24. The molecule has 4 unspecified atom stereocenters. The van der Waals surface area contributed by atoms with Crippen LogP contribution in [0.2, 0.25) is 0 Å². The van der Waals surface area contributed by atoms with Crippen molar-refractivity contribution in [2.75, 3.05) is 6.61 Å². The molecule has 3 saturated carbocycles. The third kappa shape index (κ3) is 6.26. The van der Waals surface area contributed by atoms with Gasteiger partial charge in [0.1, 0.15) is 11.6 Å². The summed E-state index contributed by atoms with van der Waals surface area (Å²) in [6, 6.07) is 5.63. The van der Waals surface area contributed by atoms with Gasteiger partial charge in [-0.2, -0.15) is 0 Å². The Morgan fingerprint density at radius 1 is 0.871 bits per heavy atom. The van der Waals surface area contributed by atoms with E-state index in [0.29, 0.717) is 18.3 Å². The quantitative estimate of drug-likeness (QED) is 0.375. The van der Waals surface area contributed by atoms with E-state index in [0.717, 1.165) is 48.0 Å². The molecule has 0 bridgehead atoms.